The maximum Gasteiger partial charge on any atom is 0.226 e. The van der Waals surface area contributed by atoms with E-state index in [4.69, 9.17) is 11.6 Å². The van der Waals surface area contributed by atoms with E-state index in [1.807, 2.05) is 36.4 Å². The highest BCUT2D eigenvalue weighted by Crippen LogP contribution is 2.45. The van der Waals surface area contributed by atoms with Crippen LogP contribution in [0.2, 0.25) is 5.02 Å². The van der Waals surface area contributed by atoms with E-state index in [0.717, 1.165) is 11.3 Å². The predicted octanol–water partition coefficient (Wildman–Crippen LogP) is 4.51. The highest BCUT2D eigenvalue weighted by atomic mass is 35.5. The lowest BCUT2D eigenvalue weighted by atomic mass is 9.75. The molecule has 0 spiro atoms. The lowest BCUT2D eigenvalue weighted by Gasteiger charge is -2.38. The summed E-state index contributed by atoms with van der Waals surface area (Å²) >= 11 is 6.50. The van der Waals surface area contributed by atoms with Crippen molar-refractivity contribution in [3.63, 3.8) is 0 Å². The van der Waals surface area contributed by atoms with E-state index < -0.39 is 0 Å². The number of halogens is 1. The van der Waals surface area contributed by atoms with Gasteiger partial charge in [0.2, 0.25) is 5.95 Å². The molecule has 0 saturated heterocycles. The first-order chi connectivity index (χ1) is 13.6. The summed E-state index contributed by atoms with van der Waals surface area (Å²) in [6.07, 6.45) is 4.15. The maximum absolute atomic E-state index is 13.4. The van der Waals surface area contributed by atoms with Crippen molar-refractivity contribution in [1.29, 1.82) is 0 Å². The Morgan fingerprint density at radius 3 is 2.64 bits per heavy atom. The maximum atomic E-state index is 13.4. The number of carbonyl (C=O) groups is 1. The second kappa shape index (κ2) is 6.60. The van der Waals surface area contributed by atoms with Crippen LogP contribution in [0.5, 0.6) is 0 Å². The number of hydrogen-bond donors (Lipinski definition) is 1. The molecule has 0 amide bonds. The first-order valence-electron chi connectivity index (χ1n) is 9.34. The van der Waals surface area contributed by atoms with Gasteiger partial charge in [0.15, 0.2) is 0 Å². The average Bonchev–Trinajstić information content (AvgIpc) is 3.15. The zero-order valence-electron chi connectivity index (χ0n) is 15.3. The lowest BCUT2D eigenvalue weighted by Crippen LogP contribution is -2.40. The Morgan fingerprint density at radius 2 is 1.86 bits per heavy atom. The SMILES string of the molecule is Cc1ccccc1C1C=C2Nc3ncnn3C(c3ccccc3Cl)C2C(=O)C1. The largest absolute Gasteiger partial charge is 0.328 e. The van der Waals surface area contributed by atoms with Crippen LogP contribution in [0.1, 0.15) is 35.1 Å². The molecule has 2 aromatic carbocycles. The van der Waals surface area contributed by atoms with Gasteiger partial charge in [-0.2, -0.15) is 10.1 Å². The fourth-order valence-corrected chi connectivity index (χ4v) is 4.65. The van der Waals surface area contributed by atoms with Crippen LogP contribution in [0, 0.1) is 12.8 Å². The number of nitrogens with one attached hydrogen (secondary N) is 1. The highest BCUT2D eigenvalue weighted by molar-refractivity contribution is 6.31. The summed E-state index contributed by atoms with van der Waals surface area (Å²) in [6, 6.07) is 15.6. The number of benzene rings is 2. The molecule has 3 aromatic rings. The van der Waals surface area contributed by atoms with Crippen LogP contribution in [0.15, 0.2) is 66.6 Å². The quantitative estimate of drug-likeness (QED) is 0.699. The Bertz CT molecular complexity index is 1100. The van der Waals surface area contributed by atoms with Crippen molar-refractivity contribution < 1.29 is 4.79 Å². The van der Waals surface area contributed by atoms with Gasteiger partial charge in [0, 0.05) is 23.1 Å². The van der Waals surface area contributed by atoms with Crippen molar-refractivity contribution in [3.05, 3.63) is 88.3 Å². The van der Waals surface area contributed by atoms with Crippen molar-refractivity contribution in [2.75, 3.05) is 5.32 Å². The van der Waals surface area contributed by atoms with E-state index in [1.54, 1.807) is 4.68 Å². The van der Waals surface area contributed by atoms with Crippen LogP contribution in [-0.4, -0.2) is 20.5 Å². The van der Waals surface area contributed by atoms with E-state index in [2.05, 4.69) is 40.5 Å². The van der Waals surface area contributed by atoms with E-state index in [-0.39, 0.29) is 23.7 Å². The summed E-state index contributed by atoms with van der Waals surface area (Å²) in [7, 11) is 0. The third-order valence-corrected chi connectivity index (χ3v) is 6.05. The standard InChI is InChI=1S/C22H19ClN4O/c1-13-6-2-3-7-15(13)14-10-18-20(19(28)11-14)21(16-8-4-5-9-17(16)23)27-22(26-18)24-12-25-27/h2-10,12,14,20-21H,11H2,1H3,(H,24,25,26). The van der Waals surface area contributed by atoms with Gasteiger partial charge in [-0.05, 0) is 29.7 Å². The molecule has 0 bridgehead atoms. The number of fused-ring (bicyclic) bond motifs is 2. The number of rotatable bonds is 2. The summed E-state index contributed by atoms with van der Waals surface area (Å²) in [6.45, 7) is 2.09. The van der Waals surface area contributed by atoms with Crippen molar-refractivity contribution in [2.24, 2.45) is 5.92 Å². The first kappa shape index (κ1) is 17.2. The highest BCUT2D eigenvalue weighted by Gasteiger charge is 2.43. The molecule has 3 atom stereocenters. The fourth-order valence-electron chi connectivity index (χ4n) is 4.40. The Labute approximate surface area is 168 Å². The summed E-state index contributed by atoms with van der Waals surface area (Å²) in [4.78, 5) is 17.7. The monoisotopic (exact) mass is 390 g/mol. The van der Waals surface area contributed by atoms with E-state index in [1.165, 1.54) is 17.5 Å². The summed E-state index contributed by atoms with van der Waals surface area (Å²) in [5.41, 5.74) is 4.15. The smallest absolute Gasteiger partial charge is 0.226 e. The first-order valence-corrected chi connectivity index (χ1v) is 9.72. The fraction of sp³-hybridized carbons (Fsp3) is 0.227. The molecule has 3 unspecified atom stereocenters. The van der Waals surface area contributed by atoms with Crippen LogP contribution in [0.4, 0.5) is 5.95 Å². The van der Waals surface area contributed by atoms with Crippen molar-refractivity contribution in [1.82, 2.24) is 14.8 Å². The average molecular weight is 391 g/mol. The van der Waals surface area contributed by atoms with E-state index in [9.17, 15) is 4.79 Å². The number of allylic oxidation sites excluding steroid dienone is 2. The zero-order chi connectivity index (χ0) is 19.3. The molecule has 5 rings (SSSR count). The predicted molar refractivity (Wildman–Crippen MR) is 108 cm³/mol. The Hall–Kier alpha value is -2.92. The Morgan fingerprint density at radius 1 is 1.11 bits per heavy atom. The number of anilines is 1. The third kappa shape index (κ3) is 2.66. The van der Waals surface area contributed by atoms with E-state index >= 15 is 0 Å². The molecule has 1 N–H and O–H groups in total. The molecule has 6 heteroatoms. The van der Waals surface area contributed by atoms with E-state index in [0.29, 0.717) is 17.4 Å². The molecule has 0 fully saturated rings. The van der Waals surface area contributed by atoms with Gasteiger partial charge in [0.05, 0.1) is 12.0 Å². The second-order valence-corrected chi connectivity index (χ2v) is 7.76. The summed E-state index contributed by atoms with van der Waals surface area (Å²) in [5, 5.41) is 8.34. The zero-order valence-corrected chi connectivity index (χ0v) is 16.1. The topological polar surface area (TPSA) is 59.8 Å². The molecule has 0 saturated carbocycles. The molecular weight excluding hydrogens is 372 g/mol. The minimum Gasteiger partial charge on any atom is -0.328 e. The van der Waals surface area contributed by atoms with Crippen LogP contribution in [-0.2, 0) is 4.79 Å². The number of ketones is 1. The number of carbonyl (C=O) groups excluding carboxylic acids is 1. The van der Waals surface area contributed by atoms with Crippen LogP contribution < -0.4 is 5.32 Å². The minimum absolute atomic E-state index is 0.0498. The third-order valence-electron chi connectivity index (χ3n) is 5.70. The van der Waals surface area contributed by atoms with Gasteiger partial charge in [-0.3, -0.25) is 4.79 Å². The molecule has 2 heterocycles. The Balaban J connectivity index is 1.65. The normalized spacial score (nSPS) is 23.4. The molecule has 1 aliphatic carbocycles. The number of hydrogen-bond acceptors (Lipinski definition) is 4. The van der Waals surface area contributed by atoms with Crippen molar-refractivity contribution >= 4 is 23.3 Å². The van der Waals surface area contributed by atoms with Gasteiger partial charge in [-0.25, -0.2) is 4.68 Å². The molecule has 28 heavy (non-hydrogen) atoms. The van der Waals surface area contributed by atoms with Gasteiger partial charge in [-0.15, -0.1) is 0 Å². The molecule has 2 aliphatic rings. The van der Waals surface area contributed by atoms with Gasteiger partial charge < -0.3 is 5.32 Å². The number of aromatic nitrogens is 3. The number of Topliss-reactive ketones (excluding diaryl/α,β-unsaturated/α-hetero) is 1. The molecule has 5 nitrogen and oxygen atoms in total. The van der Waals surface area contributed by atoms with Crippen molar-refractivity contribution in [3.8, 4) is 0 Å². The Kier molecular flexibility index (Phi) is 4.05. The molecule has 1 aromatic heterocycles. The van der Waals surface area contributed by atoms with Crippen LogP contribution in [0.25, 0.3) is 0 Å². The number of aryl methyl sites for hydroxylation is 1. The summed E-state index contributed by atoms with van der Waals surface area (Å²) < 4.78 is 1.77. The van der Waals surface area contributed by atoms with Gasteiger partial charge in [0.25, 0.3) is 0 Å². The summed E-state index contributed by atoms with van der Waals surface area (Å²) in [5.74, 6) is 0.512. The van der Waals surface area contributed by atoms with Crippen LogP contribution >= 0.6 is 11.6 Å². The van der Waals surface area contributed by atoms with Gasteiger partial charge >= 0.3 is 0 Å². The lowest BCUT2D eigenvalue weighted by molar-refractivity contribution is -0.123. The minimum atomic E-state index is -0.352. The van der Waals surface area contributed by atoms with Gasteiger partial charge in [-0.1, -0.05) is 60.1 Å². The second-order valence-electron chi connectivity index (χ2n) is 7.35. The molecule has 0 radical (unpaired) electrons. The van der Waals surface area contributed by atoms with Gasteiger partial charge in [0.1, 0.15) is 12.1 Å². The molecular formula is C22H19ClN4O. The number of nitrogens with zero attached hydrogens (tertiary/aromatic N) is 3. The van der Waals surface area contributed by atoms with Crippen molar-refractivity contribution in [2.45, 2.75) is 25.3 Å². The molecule has 140 valence electrons. The van der Waals surface area contributed by atoms with Crippen LogP contribution in [0.3, 0.4) is 0 Å². The molecule has 1 aliphatic heterocycles.